The number of hydrogen-bond donors (Lipinski definition) is 1. The highest BCUT2D eigenvalue weighted by atomic mass is 16.2. The Morgan fingerprint density at radius 2 is 1.48 bits per heavy atom. The summed E-state index contributed by atoms with van der Waals surface area (Å²) in [6, 6.07) is 15.5. The van der Waals surface area contributed by atoms with Crippen LogP contribution >= 0.6 is 0 Å². The van der Waals surface area contributed by atoms with E-state index in [0.717, 1.165) is 22.3 Å². The summed E-state index contributed by atoms with van der Waals surface area (Å²) in [4.78, 5) is 27.3. The first-order valence-electron chi connectivity index (χ1n) is 9.47. The summed E-state index contributed by atoms with van der Waals surface area (Å²) in [6.07, 6.45) is 0.285. The van der Waals surface area contributed by atoms with Crippen LogP contribution in [0, 0.1) is 13.8 Å². The van der Waals surface area contributed by atoms with Crippen LogP contribution in [0.1, 0.15) is 43.0 Å². The lowest BCUT2D eigenvalue weighted by molar-refractivity contribution is -0.140. The highest BCUT2D eigenvalue weighted by Gasteiger charge is 2.26. The highest BCUT2D eigenvalue weighted by molar-refractivity contribution is 5.88. The van der Waals surface area contributed by atoms with Crippen LogP contribution < -0.4 is 5.32 Å². The molecule has 0 bridgehead atoms. The number of nitrogens with zero attached hydrogens (tertiary/aromatic N) is 1. The van der Waals surface area contributed by atoms with Crippen molar-refractivity contribution in [2.75, 3.05) is 0 Å². The van der Waals surface area contributed by atoms with Crippen molar-refractivity contribution in [2.24, 2.45) is 0 Å². The Kier molecular flexibility index (Phi) is 7.17. The molecular weight excluding hydrogens is 336 g/mol. The second kappa shape index (κ2) is 9.36. The molecule has 0 saturated carbocycles. The summed E-state index contributed by atoms with van der Waals surface area (Å²) in [5.41, 5.74) is 4.25. The van der Waals surface area contributed by atoms with Crippen molar-refractivity contribution in [2.45, 2.75) is 59.7 Å². The van der Waals surface area contributed by atoms with Crippen LogP contribution in [0.25, 0.3) is 0 Å². The highest BCUT2D eigenvalue weighted by Crippen LogP contribution is 2.14. The Morgan fingerprint density at radius 1 is 0.926 bits per heavy atom. The van der Waals surface area contributed by atoms with E-state index in [9.17, 15) is 9.59 Å². The molecule has 0 saturated heterocycles. The normalized spacial score (nSPS) is 11.9. The van der Waals surface area contributed by atoms with Gasteiger partial charge in [0, 0.05) is 12.6 Å². The Hall–Kier alpha value is -2.62. The number of benzene rings is 2. The van der Waals surface area contributed by atoms with E-state index < -0.39 is 6.04 Å². The first kappa shape index (κ1) is 20.7. The Balaban J connectivity index is 2.24. The van der Waals surface area contributed by atoms with Crippen LogP contribution in [0.4, 0.5) is 0 Å². The van der Waals surface area contributed by atoms with Crippen LogP contribution in [-0.4, -0.2) is 28.8 Å². The van der Waals surface area contributed by atoms with Gasteiger partial charge in [0.05, 0.1) is 6.42 Å². The van der Waals surface area contributed by atoms with E-state index in [1.54, 1.807) is 11.8 Å². The van der Waals surface area contributed by atoms with Gasteiger partial charge in [-0.05, 0) is 45.7 Å². The maximum atomic E-state index is 13.1. The number of amides is 2. The molecule has 0 aliphatic heterocycles. The van der Waals surface area contributed by atoms with E-state index in [2.05, 4.69) is 11.4 Å². The van der Waals surface area contributed by atoms with E-state index in [0.29, 0.717) is 6.54 Å². The van der Waals surface area contributed by atoms with E-state index in [1.165, 1.54) is 0 Å². The molecule has 1 atom stereocenters. The van der Waals surface area contributed by atoms with E-state index in [-0.39, 0.29) is 24.3 Å². The number of carbonyl (C=O) groups is 2. The molecular formula is C23H30N2O2. The van der Waals surface area contributed by atoms with Gasteiger partial charge in [-0.1, -0.05) is 59.7 Å². The summed E-state index contributed by atoms with van der Waals surface area (Å²) >= 11 is 0. The molecule has 1 N–H and O–H groups in total. The van der Waals surface area contributed by atoms with Gasteiger partial charge >= 0.3 is 0 Å². The van der Waals surface area contributed by atoms with Gasteiger partial charge in [-0.2, -0.15) is 0 Å². The molecule has 0 unspecified atom stereocenters. The minimum absolute atomic E-state index is 0.0349. The van der Waals surface area contributed by atoms with Crippen LogP contribution in [0.15, 0.2) is 48.5 Å². The predicted octanol–water partition coefficient (Wildman–Crippen LogP) is 3.79. The van der Waals surface area contributed by atoms with Crippen molar-refractivity contribution in [1.82, 2.24) is 10.2 Å². The van der Waals surface area contributed by atoms with Gasteiger partial charge in [-0.3, -0.25) is 9.59 Å². The summed E-state index contributed by atoms with van der Waals surface area (Å²) in [5, 5.41) is 2.92. The van der Waals surface area contributed by atoms with Crippen molar-refractivity contribution >= 4 is 11.8 Å². The lowest BCUT2D eigenvalue weighted by Gasteiger charge is -2.29. The number of hydrogen-bond acceptors (Lipinski definition) is 2. The molecule has 4 nitrogen and oxygen atoms in total. The number of carbonyl (C=O) groups excluding carboxylic acids is 2. The molecule has 0 aliphatic carbocycles. The fourth-order valence-electron chi connectivity index (χ4n) is 3.09. The molecule has 4 heteroatoms. The zero-order valence-electron chi connectivity index (χ0n) is 17.0. The maximum Gasteiger partial charge on any atom is 0.242 e. The molecule has 27 heavy (non-hydrogen) atoms. The standard InChI is InChI=1S/C23H30N2O2/c1-16(2)24-23(27)19(5)25(15-21-11-7-9-18(4)13-21)22(26)14-20-10-6-8-17(3)12-20/h6-13,16,19H,14-15H2,1-5H3,(H,24,27)/t19-/m1/s1. The molecule has 2 rings (SSSR count). The average molecular weight is 367 g/mol. The van der Waals surface area contributed by atoms with Crippen LogP contribution in [0.2, 0.25) is 0 Å². The van der Waals surface area contributed by atoms with Crippen LogP contribution in [0.3, 0.4) is 0 Å². The monoisotopic (exact) mass is 366 g/mol. The topological polar surface area (TPSA) is 49.4 Å². The molecule has 0 fully saturated rings. The molecule has 2 aromatic carbocycles. The quantitative estimate of drug-likeness (QED) is 0.810. The maximum absolute atomic E-state index is 13.1. The zero-order valence-corrected chi connectivity index (χ0v) is 17.0. The third kappa shape index (κ3) is 6.24. The lowest BCUT2D eigenvalue weighted by Crippen LogP contribution is -2.49. The SMILES string of the molecule is Cc1cccc(CC(=O)N(Cc2cccc(C)c2)[C@H](C)C(=O)NC(C)C)c1. The summed E-state index contributed by atoms with van der Waals surface area (Å²) in [5.74, 6) is -0.177. The van der Waals surface area contributed by atoms with E-state index in [4.69, 9.17) is 0 Å². The molecule has 0 radical (unpaired) electrons. The second-order valence-corrected chi connectivity index (χ2v) is 7.52. The first-order valence-corrected chi connectivity index (χ1v) is 9.47. The number of aryl methyl sites for hydroxylation is 2. The molecule has 0 heterocycles. The third-order valence-electron chi connectivity index (χ3n) is 4.47. The lowest BCUT2D eigenvalue weighted by atomic mass is 10.1. The van der Waals surface area contributed by atoms with Crippen LogP contribution in [-0.2, 0) is 22.6 Å². The summed E-state index contributed by atoms with van der Waals surface area (Å²) in [7, 11) is 0. The number of rotatable bonds is 7. The fourth-order valence-corrected chi connectivity index (χ4v) is 3.09. The zero-order chi connectivity index (χ0) is 20.0. The first-order chi connectivity index (χ1) is 12.8. The largest absolute Gasteiger partial charge is 0.352 e. The van der Waals surface area contributed by atoms with Crippen LogP contribution in [0.5, 0.6) is 0 Å². The van der Waals surface area contributed by atoms with Gasteiger partial charge in [0.2, 0.25) is 11.8 Å². The van der Waals surface area contributed by atoms with Gasteiger partial charge in [0.1, 0.15) is 6.04 Å². The summed E-state index contributed by atoms with van der Waals surface area (Å²) < 4.78 is 0. The third-order valence-corrected chi connectivity index (χ3v) is 4.47. The predicted molar refractivity (Wildman–Crippen MR) is 109 cm³/mol. The van der Waals surface area contributed by atoms with Gasteiger partial charge in [-0.25, -0.2) is 0 Å². The van der Waals surface area contributed by atoms with E-state index in [1.807, 2.05) is 70.2 Å². The minimum atomic E-state index is -0.537. The Morgan fingerprint density at radius 3 is 2.04 bits per heavy atom. The second-order valence-electron chi connectivity index (χ2n) is 7.52. The van der Waals surface area contributed by atoms with Gasteiger partial charge in [0.15, 0.2) is 0 Å². The van der Waals surface area contributed by atoms with Crippen molar-refractivity contribution in [3.63, 3.8) is 0 Å². The average Bonchev–Trinajstić information content (AvgIpc) is 2.58. The minimum Gasteiger partial charge on any atom is -0.352 e. The van der Waals surface area contributed by atoms with Gasteiger partial charge in [0.25, 0.3) is 0 Å². The molecule has 144 valence electrons. The number of nitrogens with one attached hydrogen (secondary N) is 1. The molecule has 2 amide bonds. The molecule has 0 aromatic heterocycles. The summed E-state index contributed by atoms with van der Waals surface area (Å²) in [6.45, 7) is 10.1. The van der Waals surface area contributed by atoms with Crippen molar-refractivity contribution < 1.29 is 9.59 Å². The molecule has 0 spiro atoms. The smallest absolute Gasteiger partial charge is 0.242 e. The molecule has 2 aromatic rings. The van der Waals surface area contributed by atoms with E-state index >= 15 is 0 Å². The molecule has 0 aliphatic rings. The Labute approximate surface area is 162 Å². The van der Waals surface area contributed by atoms with Gasteiger partial charge in [-0.15, -0.1) is 0 Å². The van der Waals surface area contributed by atoms with Crippen molar-refractivity contribution in [3.05, 3.63) is 70.8 Å². The Bertz CT molecular complexity index is 798. The van der Waals surface area contributed by atoms with Gasteiger partial charge < -0.3 is 10.2 Å². The van der Waals surface area contributed by atoms with Crippen molar-refractivity contribution in [3.8, 4) is 0 Å². The fraction of sp³-hybridized carbons (Fsp3) is 0.391. The van der Waals surface area contributed by atoms with Crippen molar-refractivity contribution in [1.29, 1.82) is 0 Å².